The molecule has 3 nitrogen and oxygen atoms in total. The number of phenols is 1. The average molecular weight is 215 g/mol. The van der Waals surface area contributed by atoms with Crippen molar-refractivity contribution in [2.75, 3.05) is 5.32 Å². The summed E-state index contributed by atoms with van der Waals surface area (Å²) in [5.41, 5.74) is 2.76. The average Bonchev–Trinajstić information content (AvgIpc) is 2.24. The number of aryl methyl sites for hydroxylation is 2. The molecule has 1 heterocycles. The largest absolute Gasteiger partial charge is 0.508 e. The van der Waals surface area contributed by atoms with E-state index in [2.05, 4.69) is 5.32 Å². The minimum absolute atomic E-state index is 0.310. The van der Waals surface area contributed by atoms with Crippen LogP contribution < -0.4 is 9.88 Å². The third kappa shape index (κ3) is 2.31. The number of aromatic hydroxyl groups is 1. The van der Waals surface area contributed by atoms with Crippen molar-refractivity contribution in [1.82, 2.24) is 0 Å². The van der Waals surface area contributed by atoms with Gasteiger partial charge in [-0.3, -0.25) is 0 Å². The Morgan fingerprint density at radius 2 is 2.00 bits per heavy atom. The van der Waals surface area contributed by atoms with Gasteiger partial charge in [0.1, 0.15) is 18.5 Å². The van der Waals surface area contributed by atoms with Gasteiger partial charge >= 0.3 is 0 Å². The fraction of sp³-hybridized carbons (Fsp3) is 0.154. The van der Waals surface area contributed by atoms with Crippen molar-refractivity contribution in [3.63, 3.8) is 0 Å². The molecule has 0 saturated carbocycles. The van der Waals surface area contributed by atoms with Crippen LogP contribution in [0.2, 0.25) is 0 Å². The smallest absolute Gasteiger partial charge is 0.192 e. The summed E-state index contributed by atoms with van der Waals surface area (Å²) in [6.45, 7) is 1.88. The number of aromatic nitrogens is 1. The van der Waals surface area contributed by atoms with Gasteiger partial charge in [0, 0.05) is 17.8 Å². The van der Waals surface area contributed by atoms with E-state index >= 15 is 0 Å². The summed E-state index contributed by atoms with van der Waals surface area (Å²) in [7, 11) is 1.97. The number of nitrogens with zero attached hydrogens (tertiary/aromatic N) is 1. The van der Waals surface area contributed by atoms with E-state index in [0.29, 0.717) is 5.75 Å². The van der Waals surface area contributed by atoms with Crippen LogP contribution in [0.25, 0.3) is 0 Å². The van der Waals surface area contributed by atoms with Crippen molar-refractivity contribution < 1.29 is 9.67 Å². The summed E-state index contributed by atoms with van der Waals surface area (Å²) in [6, 6.07) is 9.51. The van der Waals surface area contributed by atoms with Gasteiger partial charge in [0.15, 0.2) is 12.4 Å². The van der Waals surface area contributed by atoms with E-state index in [9.17, 15) is 5.11 Å². The topological polar surface area (TPSA) is 36.1 Å². The summed E-state index contributed by atoms with van der Waals surface area (Å²) >= 11 is 0. The van der Waals surface area contributed by atoms with Crippen LogP contribution in [0.4, 0.5) is 11.4 Å². The normalized spacial score (nSPS) is 10.1. The molecule has 1 aromatic heterocycles. The lowest BCUT2D eigenvalue weighted by Gasteiger charge is -2.06. The zero-order valence-electron chi connectivity index (χ0n) is 9.44. The second kappa shape index (κ2) is 4.23. The van der Waals surface area contributed by atoms with Gasteiger partial charge in [0.25, 0.3) is 0 Å². The first-order valence-electron chi connectivity index (χ1n) is 5.17. The van der Waals surface area contributed by atoms with Gasteiger partial charge in [0.2, 0.25) is 0 Å². The molecule has 0 bridgehead atoms. The van der Waals surface area contributed by atoms with Gasteiger partial charge < -0.3 is 10.4 Å². The summed E-state index contributed by atoms with van der Waals surface area (Å²) in [6.07, 6.45) is 3.95. The molecule has 16 heavy (non-hydrogen) atoms. The molecule has 1 aromatic carbocycles. The van der Waals surface area contributed by atoms with Crippen LogP contribution in [0.3, 0.4) is 0 Å². The van der Waals surface area contributed by atoms with Gasteiger partial charge in [0.05, 0.1) is 0 Å². The molecule has 3 heteroatoms. The van der Waals surface area contributed by atoms with Gasteiger partial charge in [-0.2, -0.15) is 0 Å². The van der Waals surface area contributed by atoms with Crippen molar-refractivity contribution >= 4 is 11.4 Å². The minimum Gasteiger partial charge on any atom is -0.508 e. The third-order valence-electron chi connectivity index (χ3n) is 2.44. The van der Waals surface area contributed by atoms with Crippen LogP contribution in [0.1, 0.15) is 5.56 Å². The molecule has 0 fully saturated rings. The summed E-state index contributed by atoms with van der Waals surface area (Å²) in [5, 5.41) is 12.8. The number of hydrogen-bond donors (Lipinski definition) is 2. The first kappa shape index (κ1) is 10.5. The van der Waals surface area contributed by atoms with Crippen molar-refractivity contribution in [2.45, 2.75) is 6.92 Å². The van der Waals surface area contributed by atoms with Gasteiger partial charge in [-0.05, 0) is 24.6 Å². The Hall–Kier alpha value is -2.03. The summed E-state index contributed by atoms with van der Waals surface area (Å²) < 4.78 is 1.97. The molecule has 0 spiro atoms. The molecule has 0 saturated heterocycles. The number of phenolic OH excluding ortho intramolecular Hbond substituents is 1. The van der Waals surface area contributed by atoms with E-state index < -0.39 is 0 Å². The van der Waals surface area contributed by atoms with Crippen molar-refractivity contribution in [2.24, 2.45) is 7.05 Å². The molecule has 0 aliphatic heterocycles. The fourth-order valence-corrected chi connectivity index (χ4v) is 1.52. The predicted octanol–water partition coefficient (Wildman–Crippen LogP) is 2.27. The molecular formula is C13H15N2O+. The maximum Gasteiger partial charge on any atom is 0.192 e. The lowest BCUT2D eigenvalue weighted by atomic mass is 10.2. The van der Waals surface area contributed by atoms with Crippen LogP contribution in [-0.2, 0) is 7.05 Å². The molecule has 0 radical (unpaired) electrons. The Kier molecular flexibility index (Phi) is 2.77. The van der Waals surface area contributed by atoms with Crippen LogP contribution in [0.5, 0.6) is 5.75 Å². The number of rotatable bonds is 2. The van der Waals surface area contributed by atoms with E-state index in [1.165, 1.54) is 0 Å². The van der Waals surface area contributed by atoms with Crippen molar-refractivity contribution in [3.05, 3.63) is 48.3 Å². The highest BCUT2D eigenvalue weighted by atomic mass is 16.3. The summed E-state index contributed by atoms with van der Waals surface area (Å²) in [4.78, 5) is 0. The molecule has 82 valence electrons. The number of nitrogens with one attached hydrogen (secondary N) is 1. The second-order valence-electron chi connectivity index (χ2n) is 3.88. The van der Waals surface area contributed by atoms with E-state index in [4.69, 9.17) is 0 Å². The lowest BCUT2D eigenvalue weighted by molar-refractivity contribution is -0.670. The standard InChI is InChI=1S/C13H14N2O/c1-10-5-6-11(8-13(10)16)14-12-4-3-7-15(2)9-12/h3-9,14H,1-2H3/p+1. The van der Waals surface area contributed by atoms with Crippen LogP contribution >= 0.6 is 0 Å². The maximum atomic E-state index is 9.59. The van der Waals surface area contributed by atoms with Crippen LogP contribution in [0, 0.1) is 6.92 Å². The monoisotopic (exact) mass is 215 g/mol. The van der Waals surface area contributed by atoms with Gasteiger partial charge in [-0.1, -0.05) is 6.07 Å². The predicted molar refractivity (Wildman–Crippen MR) is 63.7 cm³/mol. The summed E-state index contributed by atoms with van der Waals surface area (Å²) in [5.74, 6) is 0.310. The SMILES string of the molecule is Cc1ccc(Nc2ccc[n+](C)c2)cc1O. The fourth-order valence-electron chi connectivity index (χ4n) is 1.52. The van der Waals surface area contributed by atoms with E-state index in [1.54, 1.807) is 6.07 Å². The van der Waals surface area contributed by atoms with Crippen LogP contribution in [-0.4, -0.2) is 5.11 Å². The van der Waals surface area contributed by atoms with E-state index in [1.807, 2.05) is 55.2 Å². The first-order chi connectivity index (χ1) is 7.65. The molecule has 2 N–H and O–H groups in total. The zero-order chi connectivity index (χ0) is 11.5. The highest BCUT2D eigenvalue weighted by Crippen LogP contribution is 2.23. The Morgan fingerprint density at radius 1 is 1.19 bits per heavy atom. The highest BCUT2D eigenvalue weighted by molar-refractivity contribution is 5.60. The third-order valence-corrected chi connectivity index (χ3v) is 2.44. The zero-order valence-corrected chi connectivity index (χ0v) is 9.44. The Morgan fingerprint density at radius 3 is 2.69 bits per heavy atom. The maximum absolute atomic E-state index is 9.59. The Balaban J connectivity index is 2.24. The quantitative estimate of drug-likeness (QED) is 0.754. The number of anilines is 2. The molecule has 2 aromatic rings. The van der Waals surface area contributed by atoms with E-state index in [0.717, 1.165) is 16.9 Å². The molecule has 0 aliphatic rings. The highest BCUT2D eigenvalue weighted by Gasteiger charge is 2.01. The molecule has 0 aliphatic carbocycles. The molecule has 0 amide bonds. The Bertz CT molecular complexity index is 509. The van der Waals surface area contributed by atoms with Gasteiger partial charge in [-0.15, -0.1) is 0 Å². The van der Waals surface area contributed by atoms with Crippen LogP contribution in [0.15, 0.2) is 42.7 Å². The Labute approximate surface area is 95.0 Å². The molecule has 2 rings (SSSR count). The number of pyridine rings is 1. The van der Waals surface area contributed by atoms with Crippen molar-refractivity contribution in [1.29, 1.82) is 0 Å². The number of benzene rings is 1. The first-order valence-corrected chi connectivity index (χ1v) is 5.17. The van der Waals surface area contributed by atoms with Crippen molar-refractivity contribution in [3.8, 4) is 5.75 Å². The molecule has 0 unspecified atom stereocenters. The molecular weight excluding hydrogens is 200 g/mol. The number of hydrogen-bond acceptors (Lipinski definition) is 2. The minimum atomic E-state index is 0.310. The molecule has 0 atom stereocenters. The van der Waals surface area contributed by atoms with E-state index in [-0.39, 0.29) is 0 Å². The second-order valence-corrected chi connectivity index (χ2v) is 3.88. The van der Waals surface area contributed by atoms with Gasteiger partial charge in [-0.25, -0.2) is 4.57 Å². The lowest BCUT2D eigenvalue weighted by Crippen LogP contribution is -2.26.